The highest BCUT2D eigenvalue weighted by Gasteiger charge is 2.77. The number of carbonyl (C=O) groups is 2. The van der Waals surface area contributed by atoms with Crippen molar-refractivity contribution in [3.05, 3.63) is 0 Å². The second-order valence-electron chi connectivity index (χ2n) is 12.0. The van der Waals surface area contributed by atoms with Crippen LogP contribution in [-0.4, -0.2) is 37.9 Å². The van der Waals surface area contributed by atoms with Crippen LogP contribution in [-0.2, 0) is 23.8 Å². The van der Waals surface area contributed by atoms with Gasteiger partial charge in [0, 0.05) is 10.8 Å². The summed E-state index contributed by atoms with van der Waals surface area (Å²) in [6, 6.07) is 0. The number of rotatable bonds is 5. The van der Waals surface area contributed by atoms with Gasteiger partial charge >= 0.3 is 11.9 Å². The molecule has 5 nitrogen and oxygen atoms in total. The van der Waals surface area contributed by atoms with Gasteiger partial charge in [-0.3, -0.25) is 9.59 Å². The minimum Gasteiger partial charge on any atom is -0.469 e. The summed E-state index contributed by atoms with van der Waals surface area (Å²) in [5, 5.41) is 0. The van der Waals surface area contributed by atoms with Crippen LogP contribution >= 0.6 is 0 Å². The van der Waals surface area contributed by atoms with Gasteiger partial charge in [-0.25, -0.2) is 0 Å². The zero-order valence-electron chi connectivity index (χ0n) is 19.1. The third kappa shape index (κ3) is 2.83. The summed E-state index contributed by atoms with van der Waals surface area (Å²) in [4.78, 5) is 23.6. The van der Waals surface area contributed by atoms with Crippen LogP contribution < -0.4 is 0 Å². The third-order valence-corrected chi connectivity index (χ3v) is 10.3. The zero-order chi connectivity index (χ0) is 21.4. The molecule has 2 bridgehead atoms. The maximum Gasteiger partial charge on any atom is 0.306 e. The van der Waals surface area contributed by atoms with E-state index in [0.717, 1.165) is 12.3 Å². The van der Waals surface area contributed by atoms with E-state index >= 15 is 0 Å². The molecule has 168 valence electrons. The molecule has 0 aromatic rings. The molecule has 4 saturated carbocycles. The van der Waals surface area contributed by atoms with Crippen LogP contribution in [0.1, 0.15) is 85.0 Å². The van der Waals surface area contributed by atoms with Crippen LogP contribution in [0.5, 0.6) is 0 Å². The smallest absolute Gasteiger partial charge is 0.306 e. The Kier molecular flexibility index (Phi) is 4.64. The molecule has 5 fully saturated rings. The van der Waals surface area contributed by atoms with Gasteiger partial charge in [-0.1, -0.05) is 27.2 Å². The monoisotopic (exact) mass is 418 g/mol. The number of epoxide rings is 1. The number of esters is 2. The van der Waals surface area contributed by atoms with Crippen molar-refractivity contribution in [2.75, 3.05) is 13.7 Å². The first-order valence-electron chi connectivity index (χ1n) is 12.0. The Morgan fingerprint density at radius 2 is 1.67 bits per heavy atom. The summed E-state index contributed by atoms with van der Waals surface area (Å²) in [5.74, 6) is 0.691. The van der Waals surface area contributed by atoms with E-state index in [1.165, 1.54) is 52.1 Å². The lowest BCUT2D eigenvalue weighted by Gasteiger charge is -2.65. The lowest BCUT2D eigenvalue weighted by molar-refractivity contribution is -0.188. The molecule has 1 heterocycles. The number of fused-ring (bicyclic) bond motifs is 5. The molecule has 0 radical (unpaired) electrons. The van der Waals surface area contributed by atoms with Gasteiger partial charge in [0.2, 0.25) is 0 Å². The topological polar surface area (TPSA) is 65.1 Å². The second-order valence-corrected chi connectivity index (χ2v) is 12.0. The first kappa shape index (κ1) is 20.8. The van der Waals surface area contributed by atoms with Crippen molar-refractivity contribution in [1.82, 2.24) is 0 Å². The van der Waals surface area contributed by atoms with Gasteiger partial charge in [-0.15, -0.1) is 0 Å². The predicted molar refractivity (Wildman–Crippen MR) is 112 cm³/mol. The van der Waals surface area contributed by atoms with Crippen molar-refractivity contribution in [3.8, 4) is 0 Å². The molecule has 0 aromatic heterocycles. The molecule has 1 spiro atoms. The fraction of sp³-hybridized carbons (Fsp3) is 0.920. The molecule has 0 amide bonds. The van der Waals surface area contributed by atoms with E-state index in [0.29, 0.717) is 41.0 Å². The van der Waals surface area contributed by atoms with Crippen molar-refractivity contribution < 1.29 is 23.8 Å². The van der Waals surface area contributed by atoms with Crippen molar-refractivity contribution in [2.24, 2.45) is 33.5 Å². The summed E-state index contributed by atoms with van der Waals surface area (Å²) in [5.41, 5.74) is 1.15. The lowest BCUT2D eigenvalue weighted by Crippen LogP contribution is -2.59. The zero-order valence-corrected chi connectivity index (χ0v) is 19.1. The Balaban J connectivity index is 1.31. The molecular formula is C25H38O5. The Morgan fingerprint density at radius 3 is 2.43 bits per heavy atom. The molecule has 1 aliphatic heterocycles. The molecule has 8 atom stereocenters. The predicted octanol–water partition coefficient (Wildman–Crippen LogP) is 4.66. The number of hydrogen-bond donors (Lipinski definition) is 0. The van der Waals surface area contributed by atoms with Crippen LogP contribution in [0.25, 0.3) is 0 Å². The quantitative estimate of drug-likeness (QED) is 0.480. The maximum absolute atomic E-state index is 12.3. The van der Waals surface area contributed by atoms with E-state index < -0.39 is 0 Å². The number of ether oxygens (including phenoxy) is 3. The second kappa shape index (κ2) is 6.70. The molecule has 0 N–H and O–H groups in total. The summed E-state index contributed by atoms with van der Waals surface area (Å²) >= 11 is 0. The molecule has 5 heteroatoms. The van der Waals surface area contributed by atoms with Crippen molar-refractivity contribution in [2.45, 2.75) is 97.2 Å². The molecule has 4 aliphatic carbocycles. The van der Waals surface area contributed by atoms with Gasteiger partial charge in [0.15, 0.2) is 0 Å². The highest BCUT2D eigenvalue weighted by Crippen LogP contribution is 2.78. The first-order chi connectivity index (χ1) is 14.2. The van der Waals surface area contributed by atoms with E-state index in [1.54, 1.807) is 0 Å². The van der Waals surface area contributed by atoms with Gasteiger partial charge in [-0.2, -0.15) is 0 Å². The highest BCUT2D eigenvalue weighted by atomic mass is 16.6. The summed E-state index contributed by atoms with van der Waals surface area (Å²) in [7, 11) is 1.35. The molecular weight excluding hydrogens is 380 g/mol. The molecule has 30 heavy (non-hydrogen) atoms. The Morgan fingerprint density at radius 1 is 0.933 bits per heavy atom. The average Bonchev–Trinajstić information content (AvgIpc) is 3.49. The van der Waals surface area contributed by atoms with Crippen molar-refractivity contribution in [1.29, 1.82) is 0 Å². The Hall–Kier alpha value is -1.10. The summed E-state index contributed by atoms with van der Waals surface area (Å²) in [6.45, 7) is 7.85. The lowest BCUT2D eigenvalue weighted by atomic mass is 9.40. The number of methoxy groups -OCH3 is 1. The van der Waals surface area contributed by atoms with E-state index in [2.05, 4.69) is 25.5 Å². The van der Waals surface area contributed by atoms with E-state index in [9.17, 15) is 9.59 Å². The summed E-state index contributed by atoms with van der Waals surface area (Å²) in [6.07, 6.45) is 11.4. The van der Waals surface area contributed by atoms with Crippen LogP contribution in [0.2, 0.25) is 0 Å². The normalized spacial score (nSPS) is 50.7. The number of hydrogen-bond acceptors (Lipinski definition) is 5. The molecule has 5 rings (SSSR count). The summed E-state index contributed by atoms with van der Waals surface area (Å²) < 4.78 is 16.7. The highest BCUT2D eigenvalue weighted by molar-refractivity contribution is 5.77. The van der Waals surface area contributed by atoms with Crippen molar-refractivity contribution in [3.63, 3.8) is 0 Å². The molecule has 1 saturated heterocycles. The van der Waals surface area contributed by atoms with E-state index in [4.69, 9.17) is 9.47 Å². The van der Waals surface area contributed by atoms with E-state index in [-0.39, 0.29) is 30.2 Å². The Labute approximate surface area is 180 Å². The van der Waals surface area contributed by atoms with E-state index in [1.807, 2.05) is 0 Å². The average molecular weight is 419 g/mol. The van der Waals surface area contributed by atoms with Gasteiger partial charge in [-0.05, 0) is 67.6 Å². The minimum absolute atomic E-state index is 0.0265. The minimum atomic E-state index is -0.359. The Bertz CT molecular complexity index is 750. The van der Waals surface area contributed by atoms with Crippen LogP contribution in [0.15, 0.2) is 0 Å². The number of carbonyl (C=O) groups excluding carboxylic acids is 2. The van der Waals surface area contributed by atoms with Crippen LogP contribution in [0, 0.1) is 33.5 Å². The molecule has 5 aliphatic rings. The fourth-order valence-corrected chi connectivity index (χ4v) is 9.06. The molecule has 8 unspecified atom stereocenters. The van der Waals surface area contributed by atoms with Gasteiger partial charge < -0.3 is 14.2 Å². The van der Waals surface area contributed by atoms with Gasteiger partial charge in [0.1, 0.15) is 0 Å². The standard InChI is InChI=1S/C25H38O5/c1-22-12-8-17-24(3)11-5-10-23(2,15-29-19(27)7-6-18(26)28-4)16(24)9-13-25(17,14-22)21-20(22)30-21/h16-17,20-21H,5-15H2,1-4H3. The van der Waals surface area contributed by atoms with Crippen LogP contribution in [0.3, 0.4) is 0 Å². The largest absolute Gasteiger partial charge is 0.469 e. The third-order valence-electron chi connectivity index (χ3n) is 10.3. The first-order valence-corrected chi connectivity index (χ1v) is 12.0. The van der Waals surface area contributed by atoms with Gasteiger partial charge in [0.05, 0.1) is 38.8 Å². The SMILES string of the molecule is COC(=O)CCC(=O)OCC1(C)CCCC2(C)C1CCC13CC(C)(CCC21)C1OC13. The van der Waals surface area contributed by atoms with Crippen LogP contribution in [0.4, 0.5) is 0 Å². The van der Waals surface area contributed by atoms with Crippen molar-refractivity contribution >= 4 is 11.9 Å². The van der Waals surface area contributed by atoms with Gasteiger partial charge in [0.25, 0.3) is 0 Å². The maximum atomic E-state index is 12.3. The fourth-order valence-electron chi connectivity index (χ4n) is 9.06. The molecule has 0 aromatic carbocycles.